The third-order valence-corrected chi connectivity index (χ3v) is 4.65. The largest absolute Gasteiger partial charge is 0.481 e. The molecular formula is C15H21BrN2O3S. The molecule has 7 heteroatoms. The minimum absolute atomic E-state index is 0.190. The Kier molecular flexibility index (Phi) is 7.75. The lowest BCUT2D eigenvalue weighted by molar-refractivity contribution is -0.141. The Balaban J connectivity index is 2.36. The number of benzene rings is 1. The van der Waals surface area contributed by atoms with Crippen molar-refractivity contribution in [3.63, 3.8) is 0 Å². The summed E-state index contributed by atoms with van der Waals surface area (Å²) in [5.41, 5.74) is 0. The lowest BCUT2D eigenvalue weighted by atomic mass is 10.2. The molecule has 0 heterocycles. The Labute approximate surface area is 143 Å². The highest BCUT2D eigenvalue weighted by Crippen LogP contribution is 2.24. The van der Waals surface area contributed by atoms with E-state index in [2.05, 4.69) is 21.2 Å². The van der Waals surface area contributed by atoms with Crippen LogP contribution in [0, 0.1) is 5.92 Å². The maximum Gasteiger partial charge on any atom is 0.317 e. The molecule has 0 saturated carbocycles. The van der Waals surface area contributed by atoms with Crippen LogP contribution in [0.4, 0.5) is 4.79 Å². The summed E-state index contributed by atoms with van der Waals surface area (Å²) in [7, 11) is 1.60. The Morgan fingerprint density at radius 2 is 1.91 bits per heavy atom. The Morgan fingerprint density at radius 1 is 1.32 bits per heavy atom. The second kappa shape index (κ2) is 9.05. The standard InChI is InChI=1S/C15H21BrN2O3S/c1-10(14(19)20)9-18(3)15(21)17-8-11(2)22-13-6-4-12(16)5-7-13/h4-7,10-11H,8-9H2,1-3H3,(H,17,21)(H,19,20). The maximum absolute atomic E-state index is 11.9. The van der Waals surface area contributed by atoms with Gasteiger partial charge in [0.1, 0.15) is 0 Å². The van der Waals surface area contributed by atoms with Crippen molar-refractivity contribution in [3.8, 4) is 0 Å². The molecule has 0 bridgehead atoms. The van der Waals surface area contributed by atoms with Gasteiger partial charge in [0.2, 0.25) is 0 Å². The van der Waals surface area contributed by atoms with Crippen LogP contribution >= 0.6 is 27.7 Å². The smallest absolute Gasteiger partial charge is 0.317 e. The molecule has 1 rings (SSSR count). The minimum Gasteiger partial charge on any atom is -0.481 e. The molecular weight excluding hydrogens is 368 g/mol. The van der Waals surface area contributed by atoms with Gasteiger partial charge in [0.15, 0.2) is 0 Å². The highest BCUT2D eigenvalue weighted by Gasteiger charge is 2.17. The zero-order chi connectivity index (χ0) is 16.7. The topological polar surface area (TPSA) is 69.6 Å². The molecule has 0 aliphatic heterocycles. The van der Waals surface area contributed by atoms with E-state index in [1.165, 1.54) is 4.90 Å². The van der Waals surface area contributed by atoms with Crippen LogP contribution in [-0.2, 0) is 4.79 Å². The van der Waals surface area contributed by atoms with Gasteiger partial charge in [0.05, 0.1) is 5.92 Å². The van der Waals surface area contributed by atoms with Crippen molar-refractivity contribution in [2.24, 2.45) is 5.92 Å². The van der Waals surface area contributed by atoms with E-state index in [1.807, 2.05) is 31.2 Å². The van der Waals surface area contributed by atoms with Crippen LogP contribution in [-0.4, -0.2) is 47.4 Å². The van der Waals surface area contributed by atoms with E-state index < -0.39 is 11.9 Å². The molecule has 0 fully saturated rings. The van der Waals surface area contributed by atoms with E-state index in [4.69, 9.17) is 5.11 Å². The van der Waals surface area contributed by atoms with Gasteiger partial charge in [-0.05, 0) is 24.3 Å². The number of carboxylic acids is 1. The Morgan fingerprint density at radius 3 is 2.45 bits per heavy atom. The number of nitrogens with zero attached hydrogens (tertiary/aromatic N) is 1. The van der Waals surface area contributed by atoms with Crippen LogP contribution in [0.15, 0.2) is 33.6 Å². The monoisotopic (exact) mass is 388 g/mol. The van der Waals surface area contributed by atoms with E-state index in [1.54, 1.807) is 25.7 Å². The normalized spacial score (nSPS) is 13.3. The molecule has 2 N–H and O–H groups in total. The highest BCUT2D eigenvalue weighted by molar-refractivity contribution is 9.10. The van der Waals surface area contributed by atoms with Crippen LogP contribution in [0.5, 0.6) is 0 Å². The first-order chi connectivity index (χ1) is 10.3. The van der Waals surface area contributed by atoms with Gasteiger partial charge in [0.25, 0.3) is 0 Å². The fraction of sp³-hybridized carbons (Fsp3) is 0.467. The predicted molar refractivity (Wildman–Crippen MR) is 92.3 cm³/mol. The lowest BCUT2D eigenvalue weighted by Crippen LogP contribution is -2.42. The number of amides is 2. The number of rotatable bonds is 7. The number of urea groups is 1. The summed E-state index contributed by atoms with van der Waals surface area (Å²) in [5, 5.41) is 11.9. The summed E-state index contributed by atoms with van der Waals surface area (Å²) in [6, 6.07) is 7.75. The van der Waals surface area contributed by atoms with Crippen molar-refractivity contribution in [3.05, 3.63) is 28.7 Å². The number of hydrogen-bond donors (Lipinski definition) is 2. The second-order valence-electron chi connectivity index (χ2n) is 5.19. The summed E-state index contributed by atoms with van der Waals surface area (Å²) in [4.78, 5) is 25.2. The predicted octanol–water partition coefficient (Wildman–Crippen LogP) is 3.29. The molecule has 0 aliphatic carbocycles. The van der Waals surface area contributed by atoms with Crippen molar-refractivity contribution >= 4 is 39.7 Å². The van der Waals surface area contributed by atoms with Crippen LogP contribution in [0.1, 0.15) is 13.8 Å². The highest BCUT2D eigenvalue weighted by atomic mass is 79.9. The van der Waals surface area contributed by atoms with Crippen LogP contribution in [0.2, 0.25) is 0 Å². The molecule has 0 radical (unpaired) electrons. The van der Waals surface area contributed by atoms with E-state index in [0.29, 0.717) is 6.54 Å². The van der Waals surface area contributed by atoms with Gasteiger partial charge in [-0.25, -0.2) is 4.79 Å². The number of carboxylic acid groups (broad SMARTS) is 1. The molecule has 0 spiro atoms. The van der Waals surface area contributed by atoms with Crippen molar-refractivity contribution < 1.29 is 14.7 Å². The van der Waals surface area contributed by atoms with E-state index in [-0.39, 0.29) is 17.8 Å². The third kappa shape index (κ3) is 6.70. The van der Waals surface area contributed by atoms with Crippen molar-refractivity contribution in [2.45, 2.75) is 24.0 Å². The second-order valence-corrected chi connectivity index (χ2v) is 7.62. The van der Waals surface area contributed by atoms with Crippen LogP contribution in [0.25, 0.3) is 0 Å². The lowest BCUT2D eigenvalue weighted by Gasteiger charge is -2.21. The quantitative estimate of drug-likeness (QED) is 0.703. The summed E-state index contributed by atoms with van der Waals surface area (Å²) < 4.78 is 1.03. The molecule has 2 amide bonds. The molecule has 5 nitrogen and oxygen atoms in total. The number of halogens is 1. The maximum atomic E-state index is 11.9. The Hall–Kier alpha value is -1.21. The van der Waals surface area contributed by atoms with Crippen molar-refractivity contribution in [2.75, 3.05) is 20.1 Å². The van der Waals surface area contributed by atoms with Gasteiger partial charge in [-0.15, -0.1) is 11.8 Å². The summed E-state index contributed by atoms with van der Waals surface area (Å²) in [6.45, 7) is 4.33. The average Bonchev–Trinajstić information content (AvgIpc) is 2.46. The molecule has 122 valence electrons. The number of thioether (sulfide) groups is 1. The molecule has 22 heavy (non-hydrogen) atoms. The summed E-state index contributed by atoms with van der Waals surface area (Å²) in [5.74, 6) is -1.48. The zero-order valence-electron chi connectivity index (χ0n) is 12.9. The Bertz CT molecular complexity index is 510. The number of carbonyl (C=O) groups excluding carboxylic acids is 1. The van der Waals surface area contributed by atoms with Crippen LogP contribution in [0.3, 0.4) is 0 Å². The molecule has 0 aliphatic rings. The number of carbonyl (C=O) groups is 2. The fourth-order valence-electron chi connectivity index (χ4n) is 1.72. The van der Waals surface area contributed by atoms with Gasteiger partial charge in [0, 0.05) is 34.8 Å². The van der Waals surface area contributed by atoms with Gasteiger partial charge in [-0.1, -0.05) is 29.8 Å². The number of nitrogens with one attached hydrogen (secondary N) is 1. The van der Waals surface area contributed by atoms with E-state index in [0.717, 1.165) is 9.37 Å². The molecule has 2 unspecified atom stereocenters. The molecule has 2 atom stereocenters. The third-order valence-electron chi connectivity index (χ3n) is 3.01. The van der Waals surface area contributed by atoms with Gasteiger partial charge in [-0.3, -0.25) is 4.79 Å². The summed E-state index contributed by atoms with van der Waals surface area (Å²) >= 11 is 5.07. The minimum atomic E-state index is -0.904. The SMILES string of the molecule is CC(CNC(=O)N(C)CC(C)C(=O)O)Sc1ccc(Br)cc1. The van der Waals surface area contributed by atoms with Crippen LogP contribution < -0.4 is 5.32 Å². The van der Waals surface area contributed by atoms with Gasteiger partial charge in [-0.2, -0.15) is 0 Å². The number of aliphatic carboxylic acids is 1. The molecule has 1 aromatic carbocycles. The van der Waals surface area contributed by atoms with Gasteiger partial charge < -0.3 is 15.3 Å². The molecule has 1 aromatic rings. The zero-order valence-corrected chi connectivity index (χ0v) is 15.3. The first-order valence-corrected chi connectivity index (χ1v) is 8.61. The van der Waals surface area contributed by atoms with Gasteiger partial charge >= 0.3 is 12.0 Å². The molecule has 0 aromatic heterocycles. The first kappa shape index (κ1) is 18.8. The van der Waals surface area contributed by atoms with Crippen molar-refractivity contribution in [1.29, 1.82) is 0 Å². The first-order valence-electron chi connectivity index (χ1n) is 6.93. The fourth-order valence-corrected chi connectivity index (χ4v) is 2.91. The molecule has 0 saturated heterocycles. The number of hydrogen-bond acceptors (Lipinski definition) is 3. The van der Waals surface area contributed by atoms with E-state index >= 15 is 0 Å². The average molecular weight is 389 g/mol. The summed E-state index contributed by atoms with van der Waals surface area (Å²) in [6.07, 6.45) is 0. The van der Waals surface area contributed by atoms with Crippen molar-refractivity contribution in [1.82, 2.24) is 10.2 Å². The van der Waals surface area contributed by atoms with E-state index in [9.17, 15) is 9.59 Å².